The van der Waals surface area contributed by atoms with Gasteiger partial charge in [0.25, 0.3) is 0 Å². The van der Waals surface area contributed by atoms with E-state index >= 15 is 0 Å². The number of halogens is 1. The zero-order valence-electron chi connectivity index (χ0n) is 9.93. The summed E-state index contributed by atoms with van der Waals surface area (Å²) in [5.41, 5.74) is 0.249. The average Bonchev–Trinajstić information content (AvgIpc) is 2.30. The fraction of sp³-hybridized carbons (Fsp3) is 0.364. The topological polar surface area (TPSA) is 89.8 Å². The maximum atomic E-state index is 13.6. The van der Waals surface area contributed by atoms with Crippen molar-refractivity contribution in [3.63, 3.8) is 0 Å². The second-order valence-corrected chi connectivity index (χ2v) is 3.88. The van der Waals surface area contributed by atoms with Crippen molar-refractivity contribution in [2.24, 2.45) is 0 Å². The van der Waals surface area contributed by atoms with Gasteiger partial charge in [-0.1, -0.05) is 19.1 Å². The highest BCUT2D eigenvalue weighted by Gasteiger charge is 2.20. The molecule has 0 fully saturated rings. The molecule has 0 aliphatic carbocycles. The van der Waals surface area contributed by atoms with Gasteiger partial charge in [0, 0.05) is 6.42 Å². The third-order valence-electron chi connectivity index (χ3n) is 2.55. The molecule has 98 valence electrons. The second-order valence-electron chi connectivity index (χ2n) is 3.88. The van der Waals surface area contributed by atoms with Gasteiger partial charge in [-0.3, -0.25) is 4.79 Å². The number of hydrogen-bond acceptors (Lipinski definition) is 4. The summed E-state index contributed by atoms with van der Waals surface area (Å²) in [5.74, 6) is -1.70. The molecule has 0 saturated heterocycles. The third-order valence-corrected chi connectivity index (χ3v) is 2.55. The monoisotopic (exact) mass is 255 g/mol. The summed E-state index contributed by atoms with van der Waals surface area (Å²) >= 11 is 0. The number of hydrogen-bond donors (Lipinski definition) is 4. The molecule has 7 heteroatoms. The van der Waals surface area contributed by atoms with Crippen molar-refractivity contribution < 1.29 is 24.3 Å². The Morgan fingerprint density at radius 2 is 2.17 bits per heavy atom. The first kappa shape index (κ1) is 14.6. The van der Waals surface area contributed by atoms with Crippen LogP contribution in [0.15, 0.2) is 18.2 Å². The van der Waals surface area contributed by atoms with Crippen LogP contribution in [0, 0.1) is 5.82 Å². The van der Waals surface area contributed by atoms with E-state index in [0.29, 0.717) is 6.54 Å². The van der Waals surface area contributed by atoms with Crippen molar-refractivity contribution >= 4 is 18.6 Å². The van der Waals surface area contributed by atoms with E-state index in [2.05, 4.69) is 5.32 Å². The lowest BCUT2D eigenvalue weighted by Crippen LogP contribution is -2.38. The predicted octanol–water partition coefficient (Wildman–Crippen LogP) is -0.889. The first-order valence-electron chi connectivity index (χ1n) is 5.56. The largest absolute Gasteiger partial charge is 0.488 e. The van der Waals surface area contributed by atoms with Gasteiger partial charge in [-0.15, -0.1) is 0 Å². The number of carboxylic acids is 1. The molecule has 1 atom stereocenters. The summed E-state index contributed by atoms with van der Waals surface area (Å²) in [6.07, 6.45) is -0.00316. The normalized spacial score (nSPS) is 12.2. The molecule has 0 aromatic heterocycles. The van der Waals surface area contributed by atoms with Crippen LogP contribution in [0.1, 0.15) is 12.5 Å². The minimum atomic E-state index is -1.74. The van der Waals surface area contributed by atoms with E-state index in [1.807, 2.05) is 0 Å². The molecule has 0 saturated carbocycles. The molecule has 0 heterocycles. The molecule has 1 unspecified atom stereocenters. The van der Waals surface area contributed by atoms with E-state index in [1.165, 1.54) is 12.1 Å². The van der Waals surface area contributed by atoms with Crippen molar-refractivity contribution in [1.82, 2.24) is 5.32 Å². The molecule has 4 N–H and O–H groups in total. The van der Waals surface area contributed by atoms with Crippen molar-refractivity contribution in [1.29, 1.82) is 0 Å². The van der Waals surface area contributed by atoms with Crippen LogP contribution in [0.3, 0.4) is 0 Å². The standard InChI is InChI=1S/C11H15BFNO4/c1-2-14-10(11(15)16)5-7-3-4-8(12(17)18)6-9(7)13/h3-4,6,10,14,17-18H,2,5H2,1H3,(H,15,16). The second kappa shape index (κ2) is 6.48. The van der Waals surface area contributed by atoms with Crippen LogP contribution >= 0.6 is 0 Å². The molecule has 1 aromatic rings. The fourth-order valence-corrected chi connectivity index (χ4v) is 1.60. The molecule has 0 radical (unpaired) electrons. The number of nitrogens with one attached hydrogen (secondary N) is 1. The highest BCUT2D eigenvalue weighted by Crippen LogP contribution is 2.09. The highest BCUT2D eigenvalue weighted by molar-refractivity contribution is 6.58. The van der Waals surface area contributed by atoms with Gasteiger partial charge in [-0.2, -0.15) is 0 Å². The fourth-order valence-electron chi connectivity index (χ4n) is 1.60. The maximum absolute atomic E-state index is 13.6. The number of rotatable bonds is 6. The molecular weight excluding hydrogens is 240 g/mol. The van der Waals surface area contributed by atoms with Crippen molar-refractivity contribution in [3.05, 3.63) is 29.6 Å². The number of carboxylic acid groups (broad SMARTS) is 1. The van der Waals surface area contributed by atoms with E-state index in [1.54, 1.807) is 6.92 Å². The van der Waals surface area contributed by atoms with Crippen LogP contribution in [0.5, 0.6) is 0 Å². The van der Waals surface area contributed by atoms with Gasteiger partial charge in [-0.05, 0) is 23.6 Å². The van der Waals surface area contributed by atoms with Gasteiger partial charge < -0.3 is 20.5 Å². The Bertz CT molecular complexity index is 428. The van der Waals surface area contributed by atoms with Crippen LogP contribution in [0.25, 0.3) is 0 Å². The minimum Gasteiger partial charge on any atom is -0.480 e. The van der Waals surface area contributed by atoms with Crippen LogP contribution in [0.4, 0.5) is 4.39 Å². The lowest BCUT2D eigenvalue weighted by molar-refractivity contribution is -0.139. The third kappa shape index (κ3) is 3.80. The Morgan fingerprint density at radius 1 is 1.50 bits per heavy atom. The SMILES string of the molecule is CCNC(Cc1ccc(B(O)O)cc1F)C(=O)O. The zero-order chi connectivity index (χ0) is 13.7. The number of aliphatic carboxylic acids is 1. The predicted molar refractivity (Wildman–Crippen MR) is 65.0 cm³/mol. The van der Waals surface area contributed by atoms with Gasteiger partial charge in [0.2, 0.25) is 0 Å². The Morgan fingerprint density at radius 3 is 2.61 bits per heavy atom. The lowest BCUT2D eigenvalue weighted by Gasteiger charge is -2.14. The number of carbonyl (C=O) groups is 1. The van der Waals surface area contributed by atoms with E-state index in [4.69, 9.17) is 15.2 Å². The van der Waals surface area contributed by atoms with Crippen molar-refractivity contribution in [2.75, 3.05) is 6.54 Å². The zero-order valence-corrected chi connectivity index (χ0v) is 9.93. The smallest absolute Gasteiger partial charge is 0.480 e. The van der Waals surface area contributed by atoms with Crippen molar-refractivity contribution in [3.8, 4) is 0 Å². The van der Waals surface area contributed by atoms with Gasteiger partial charge in [0.15, 0.2) is 0 Å². The Balaban J connectivity index is 2.86. The van der Waals surface area contributed by atoms with E-state index in [9.17, 15) is 9.18 Å². The molecule has 5 nitrogen and oxygen atoms in total. The molecular formula is C11H15BFNO4. The van der Waals surface area contributed by atoms with E-state index in [-0.39, 0.29) is 17.4 Å². The van der Waals surface area contributed by atoms with Gasteiger partial charge in [0.05, 0.1) is 0 Å². The molecule has 0 bridgehead atoms. The van der Waals surface area contributed by atoms with E-state index in [0.717, 1.165) is 6.07 Å². The number of likely N-dealkylation sites (N-methyl/N-ethyl adjacent to an activating group) is 1. The average molecular weight is 255 g/mol. The molecule has 0 aliphatic heterocycles. The van der Waals surface area contributed by atoms with Gasteiger partial charge in [-0.25, -0.2) is 4.39 Å². The van der Waals surface area contributed by atoms with Crippen LogP contribution in [0.2, 0.25) is 0 Å². The Labute approximate surface area is 104 Å². The summed E-state index contributed by atoms with van der Waals surface area (Å²) in [6.45, 7) is 2.23. The molecule has 18 heavy (non-hydrogen) atoms. The Hall–Kier alpha value is -1.44. The van der Waals surface area contributed by atoms with Gasteiger partial charge >= 0.3 is 13.1 Å². The molecule has 0 spiro atoms. The van der Waals surface area contributed by atoms with Gasteiger partial charge in [0.1, 0.15) is 11.9 Å². The summed E-state index contributed by atoms with van der Waals surface area (Å²) in [6, 6.07) is 2.84. The molecule has 1 rings (SSSR count). The quantitative estimate of drug-likeness (QED) is 0.495. The molecule has 0 amide bonds. The lowest BCUT2D eigenvalue weighted by atomic mass is 9.79. The first-order valence-corrected chi connectivity index (χ1v) is 5.56. The Kier molecular flexibility index (Phi) is 5.27. The summed E-state index contributed by atoms with van der Waals surface area (Å²) in [4.78, 5) is 10.9. The van der Waals surface area contributed by atoms with Crippen molar-refractivity contribution in [2.45, 2.75) is 19.4 Å². The maximum Gasteiger partial charge on any atom is 0.488 e. The highest BCUT2D eigenvalue weighted by atomic mass is 19.1. The minimum absolute atomic E-state index is 0.00316. The first-order chi connectivity index (χ1) is 8.45. The van der Waals surface area contributed by atoms with Crippen LogP contribution in [-0.4, -0.2) is 40.8 Å². The molecule has 0 aliphatic rings. The van der Waals surface area contributed by atoms with Crippen LogP contribution in [-0.2, 0) is 11.2 Å². The molecule has 1 aromatic carbocycles. The summed E-state index contributed by atoms with van der Waals surface area (Å²) in [5, 5.41) is 29.4. The summed E-state index contributed by atoms with van der Waals surface area (Å²) < 4.78 is 13.6. The van der Waals surface area contributed by atoms with Crippen LogP contribution < -0.4 is 10.8 Å². The summed E-state index contributed by atoms with van der Waals surface area (Å²) in [7, 11) is -1.74. The van der Waals surface area contributed by atoms with E-state index < -0.39 is 24.9 Å². The number of benzene rings is 1.